The van der Waals surface area contributed by atoms with Gasteiger partial charge in [0.15, 0.2) is 11.6 Å². The number of esters is 1. The van der Waals surface area contributed by atoms with E-state index in [2.05, 4.69) is 30.7 Å². The first-order valence-corrected chi connectivity index (χ1v) is 8.10. The molecule has 0 atom stereocenters. The van der Waals surface area contributed by atoms with Crippen LogP contribution in [-0.2, 0) is 14.3 Å². The van der Waals surface area contributed by atoms with E-state index in [9.17, 15) is 18.8 Å². The Morgan fingerprint density at radius 1 is 1.19 bits per heavy atom. The molecule has 1 rings (SSSR count). The molecule has 0 radical (unpaired) electrons. The van der Waals surface area contributed by atoms with Gasteiger partial charge in [-0.3, -0.25) is 10.1 Å². The first-order chi connectivity index (χ1) is 12.3. The largest absolute Gasteiger partial charge is 0.504 e. The fourth-order valence-corrected chi connectivity index (χ4v) is 2.21. The second-order valence-electron chi connectivity index (χ2n) is 4.10. The third-order valence-corrected chi connectivity index (χ3v) is 3.19. The number of amides is 3. The average molecular weight is 435 g/mol. The van der Waals surface area contributed by atoms with E-state index in [1.807, 2.05) is 19.2 Å². The summed E-state index contributed by atoms with van der Waals surface area (Å²) < 4.78 is 28.7. The highest BCUT2D eigenvalue weighted by Gasteiger charge is 2.25. The normalized spacial score (nSPS) is 9.65. The Morgan fingerprint density at radius 2 is 1.81 bits per heavy atom. The standard InChI is InChI=1S/C14H14BrFN2O6.C2H6/c1-22-5-4-9(19)18-14(21)17-8-6-7(15)12(23-2)10(11(8)16)13(20)24-3;1-2/h4-6H,1-3H3,(H2,17,18,19,21);1-2H3/b5-4+;. The summed E-state index contributed by atoms with van der Waals surface area (Å²) in [5.74, 6) is -2.94. The van der Waals surface area contributed by atoms with Gasteiger partial charge in [-0.1, -0.05) is 13.8 Å². The molecule has 0 bridgehead atoms. The summed E-state index contributed by atoms with van der Waals surface area (Å²) in [6.45, 7) is 4.00. The van der Waals surface area contributed by atoms with Crippen molar-refractivity contribution < 1.29 is 33.0 Å². The van der Waals surface area contributed by atoms with Gasteiger partial charge < -0.3 is 19.5 Å². The zero-order chi connectivity index (χ0) is 20.3. The van der Waals surface area contributed by atoms with E-state index in [1.165, 1.54) is 20.3 Å². The van der Waals surface area contributed by atoms with E-state index >= 15 is 0 Å². The second-order valence-corrected chi connectivity index (χ2v) is 4.96. The minimum atomic E-state index is -1.07. The van der Waals surface area contributed by atoms with Crippen molar-refractivity contribution >= 4 is 39.5 Å². The summed E-state index contributed by atoms with van der Waals surface area (Å²) >= 11 is 3.10. The van der Waals surface area contributed by atoms with E-state index in [-0.39, 0.29) is 15.9 Å². The van der Waals surface area contributed by atoms with E-state index in [0.717, 1.165) is 19.4 Å². The molecule has 10 heteroatoms. The molecule has 1 aromatic rings. The molecule has 144 valence electrons. The van der Waals surface area contributed by atoms with Crippen LogP contribution in [-0.4, -0.2) is 39.2 Å². The van der Waals surface area contributed by atoms with Crippen molar-refractivity contribution in [1.82, 2.24) is 5.32 Å². The molecule has 2 N–H and O–H groups in total. The van der Waals surface area contributed by atoms with Crippen LogP contribution < -0.4 is 15.4 Å². The van der Waals surface area contributed by atoms with Gasteiger partial charge in [0.25, 0.3) is 5.91 Å². The monoisotopic (exact) mass is 434 g/mol. The van der Waals surface area contributed by atoms with E-state index in [1.54, 1.807) is 0 Å². The van der Waals surface area contributed by atoms with Gasteiger partial charge in [0.05, 0.1) is 37.8 Å². The van der Waals surface area contributed by atoms with Crippen molar-refractivity contribution in [2.24, 2.45) is 0 Å². The van der Waals surface area contributed by atoms with Crippen molar-refractivity contribution in [2.75, 3.05) is 26.6 Å². The lowest BCUT2D eigenvalue weighted by atomic mass is 10.1. The van der Waals surface area contributed by atoms with Gasteiger partial charge in [-0.05, 0) is 22.0 Å². The Labute approximate surface area is 158 Å². The van der Waals surface area contributed by atoms with Crippen molar-refractivity contribution in [1.29, 1.82) is 0 Å². The van der Waals surface area contributed by atoms with Crippen molar-refractivity contribution in [2.45, 2.75) is 13.8 Å². The van der Waals surface area contributed by atoms with E-state index < -0.39 is 29.3 Å². The lowest BCUT2D eigenvalue weighted by Crippen LogP contribution is -2.33. The van der Waals surface area contributed by atoms with E-state index in [4.69, 9.17) is 4.74 Å². The number of carbonyl (C=O) groups excluding carboxylic acids is 3. The second kappa shape index (κ2) is 11.9. The van der Waals surface area contributed by atoms with Crippen LogP contribution in [0, 0.1) is 5.82 Å². The summed E-state index contributed by atoms with van der Waals surface area (Å²) in [4.78, 5) is 34.8. The van der Waals surface area contributed by atoms with Crippen LogP contribution in [0.15, 0.2) is 22.9 Å². The fourth-order valence-electron chi connectivity index (χ4n) is 1.62. The molecule has 0 unspecified atom stereocenters. The lowest BCUT2D eigenvalue weighted by molar-refractivity contribution is -0.115. The fraction of sp³-hybridized carbons (Fsp3) is 0.312. The Balaban J connectivity index is 0.00000301. The van der Waals surface area contributed by atoms with Crippen molar-refractivity contribution in [3.63, 3.8) is 0 Å². The van der Waals surface area contributed by atoms with Gasteiger partial charge in [0.2, 0.25) is 0 Å². The maximum absolute atomic E-state index is 14.5. The maximum Gasteiger partial charge on any atom is 0.344 e. The predicted molar refractivity (Wildman–Crippen MR) is 96.6 cm³/mol. The first kappa shape index (κ1) is 23.4. The Morgan fingerprint density at radius 3 is 2.31 bits per heavy atom. The molecule has 0 saturated carbocycles. The van der Waals surface area contributed by atoms with Crippen LogP contribution in [0.3, 0.4) is 0 Å². The number of rotatable bonds is 5. The highest BCUT2D eigenvalue weighted by molar-refractivity contribution is 9.10. The van der Waals surface area contributed by atoms with Crippen LogP contribution >= 0.6 is 15.9 Å². The summed E-state index contributed by atoms with van der Waals surface area (Å²) in [5.41, 5.74) is -0.862. The highest BCUT2D eigenvalue weighted by atomic mass is 79.9. The molecule has 0 fully saturated rings. The lowest BCUT2D eigenvalue weighted by Gasteiger charge is -2.14. The predicted octanol–water partition coefficient (Wildman–Crippen LogP) is 3.22. The van der Waals surface area contributed by atoms with Gasteiger partial charge >= 0.3 is 12.0 Å². The molecule has 0 spiro atoms. The first-order valence-electron chi connectivity index (χ1n) is 7.31. The minimum absolute atomic E-state index is 0.0931. The molecule has 0 saturated heterocycles. The Hall–Kier alpha value is -2.62. The molecule has 0 heterocycles. The molecule has 8 nitrogen and oxygen atoms in total. The number of benzene rings is 1. The number of carbonyl (C=O) groups is 3. The number of urea groups is 1. The molecular weight excluding hydrogens is 415 g/mol. The SMILES string of the molecule is CC.CO/C=C/C(=O)NC(=O)Nc1cc(Br)c(OC)c(C(=O)OC)c1F. The number of anilines is 1. The summed E-state index contributed by atoms with van der Waals surface area (Å²) in [5, 5.41) is 4.03. The van der Waals surface area contributed by atoms with Gasteiger partial charge in [0, 0.05) is 6.08 Å². The van der Waals surface area contributed by atoms with Crippen LogP contribution in [0.25, 0.3) is 0 Å². The number of hydrogen-bond donors (Lipinski definition) is 2. The van der Waals surface area contributed by atoms with Crippen LogP contribution in [0.1, 0.15) is 24.2 Å². The third-order valence-electron chi connectivity index (χ3n) is 2.61. The number of hydrogen-bond acceptors (Lipinski definition) is 6. The number of nitrogens with one attached hydrogen (secondary N) is 2. The summed E-state index contributed by atoms with van der Waals surface area (Å²) in [7, 11) is 3.64. The quantitative estimate of drug-likeness (QED) is 0.418. The van der Waals surface area contributed by atoms with Gasteiger partial charge in [-0.15, -0.1) is 0 Å². The number of imide groups is 1. The maximum atomic E-state index is 14.5. The highest BCUT2D eigenvalue weighted by Crippen LogP contribution is 2.36. The molecule has 0 aliphatic rings. The summed E-state index contributed by atoms with van der Waals surface area (Å²) in [6, 6.07) is 0.169. The van der Waals surface area contributed by atoms with Gasteiger partial charge in [0.1, 0.15) is 5.56 Å². The average Bonchev–Trinajstić information content (AvgIpc) is 2.63. The zero-order valence-electron chi connectivity index (χ0n) is 14.9. The number of ether oxygens (including phenoxy) is 3. The van der Waals surface area contributed by atoms with E-state index in [0.29, 0.717) is 0 Å². The summed E-state index contributed by atoms with van der Waals surface area (Å²) in [6.07, 6.45) is 2.02. The third kappa shape index (κ3) is 6.36. The molecular formula is C16H20BrFN2O6. The smallest absolute Gasteiger partial charge is 0.344 e. The zero-order valence-corrected chi connectivity index (χ0v) is 16.5. The minimum Gasteiger partial charge on any atom is -0.504 e. The van der Waals surface area contributed by atoms with Crippen LogP contribution in [0.2, 0.25) is 0 Å². The number of halogens is 2. The van der Waals surface area contributed by atoms with Crippen LogP contribution in [0.4, 0.5) is 14.9 Å². The molecule has 1 aromatic carbocycles. The van der Waals surface area contributed by atoms with Crippen molar-refractivity contribution in [3.8, 4) is 5.75 Å². The molecule has 0 aromatic heterocycles. The van der Waals surface area contributed by atoms with Crippen LogP contribution in [0.5, 0.6) is 5.75 Å². The Kier molecular flexibility index (Phi) is 10.7. The molecule has 26 heavy (non-hydrogen) atoms. The Bertz CT molecular complexity index is 694. The van der Waals surface area contributed by atoms with Gasteiger partial charge in [-0.2, -0.15) is 0 Å². The van der Waals surface area contributed by atoms with Crippen molar-refractivity contribution in [3.05, 3.63) is 34.3 Å². The molecule has 0 aliphatic heterocycles. The van der Waals surface area contributed by atoms with Gasteiger partial charge in [-0.25, -0.2) is 14.0 Å². The topological polar surface area (TPSA) is 103 Å². The molecule has 3 amide bonds. The number of methoxy groups -OCH3 is 3. The molecule has 0 aliphatic carbocycles.